The molecule has 5 atom stereocenters. The van der Waals surface area contributed by atoms with Crippen molar-refractivity contribution in [2.75, 3.05) is 6.61 Å². The first-order chi connectivity index (χ1) is 19.7. The van der Waals surface area contributed by atoms with Gasteiger partial charge in [-0.3, -0.25) is 24.8 Å². The highest BCUT2D eigenvalue weighted by Crippen LogP contribution is 2.46. The number of hydrogen-bond donors (Lipinski definition) is 4. The minimum absolute atomic E-state index is 0.124. The van der Waals surface area contributed by atoms with Gasteiger partial charge in [-0.05, 0) is 52.8 Å². The fourth-order valence-corrected chi connectivity index (χ4v) is 4.83. The Morgan fingerprint density at radius 3 is 2.30 bits per heavy atom. The Morgan fingerprint density at radius 2 is 1.81 bits per heavy atom. The molecule has 0 saturated carbocycles. The molecule has 0 aliphatic carbocycles. The van der Waals surface area contributed by atoms with E-state index in [2.05, 4.69) is 10.6 Å². The second-order valence-electron chi connectivity index (χ2n) is 11.1. The van der Waals surface area contributed by atoms with Crippen molar-refractivity contribution in [1.82, 2.24) is 10.6 Å². The lowest BCUT2D eigenvalue weighted by Gasteiger charge is -2.41. The van der Waals surface area contributed by atoms with Crippen LogP contribution >= 0.6 is 7.60 Å². The van der Waals surface area contributed by atoms with Gasteiger partial charge < -0.3 is 43.5 Å². The summed E-state index contributed by atoms with van der Waals surface area (Å²) >= 11 is 0. The van der Waals surface area contributed by atoms with E-state index >= 15 is 0 Å². The highest BCUT2D eigenvalue weighted by Gasteiger charge is 2.51. The predicted molar refractivity (Wildman–Crippen MR) is 145 cm³/mol. The Morgan fingerprint density at radius 1 is 1.19 bits per heavy atom. The molecule has 2 aliphatic heterocycles. The van der Waals surface area contributed by atoms with Crippen molar-refractivity contribution < 1.29 is 62.1 Å². The van der Waals surface area contributed by atoms with E-state index in [0.717, 1.165) is 37.3 Å². The zero-order chi connectivity index (χ0) is 32.3. The van der Waals surface area contributed by atoms with Crippen LogP contribution in [0.1, 0.15) is 41.5 Å². The molecule has 4 N–H and O–H groups in total. The lowest BCUT2D eigenvalue weighted by Crippen LogP contribution is -2.60. The molecule has 18 heteroatoms. The molecular weight excluding hydrogens is 597 g/mol. The van der Waals surface area contributed by atoms with Crippen molar-refractivity contribution in [3.8, 4) is 5.75 Å². The van der Waals surface area contributed by atoms with E-state index in [-0.39, 0.29) is 23.7 Å². The van der Waals surface area contributed by atoms with Crippen LogP contribution in [0.4, 0.5) is 15.3 Å². The fraction of sp³-hybridized carbons (Fsp3) is 0.560. The molecule has 43 heavy (non-hydrogen) atoms. The van der Waals surface area contributed by atoms with Gasteiger partial charge in [-0.2, -0.15) is 0 Å². The number of ether oxygens (including phenoxy) is 6. The average Bonchev–Trinajstić information content (AvgIpc) is 3.21. The van der Waals surface area contributed by atoms with Crippen molar-refractivity contribution in [2.24, 2.45) is 0 Å². The van der Waals surface area contributed by atoms with E-state index < -0.39 is 72.3 Å². The number of hydrogen-bond acceptors (Lipinski definition) is 12. The Labute approximate surface area is 246 Å². The summed E-state index contributed by atoms with van der Waals surface area (Å²) in [5.41, 5.74) is -1.43. The smallest absolute Gasteiger partial charge is 0.444 e. The first-order valence-corrected chi connectivity index (χ1v) is 14.6. The van der Waals surface area contributed by atoms with Crippen LogP contribution in [0.3, 0.4) is 0 Å². The average molecular weight is 632 g/mol. The Hall–Kier alpha value is -3.60. The molecule has 0 bridgehead atoms. The van der Waals surface area contributed by atoms with Crippen LogP contribution in [-0.4, -0.2) is 81.1 Å². The predicted octanol–water partition coefficient (Wildman–Crippen LogP) is 2.45. The topological polar surface area (TPSA) is 231 Å². The number of amides is 2. The van der Waals surface area contributed by atoms with Crippen LogP contribution in [0.2, 0.25) is 0 Å². The molecule has 2 heterocycles. The molecule has 1 fully saturated rings. The highest BCUT2D eigenvalue weighted by atomic mass is 31.2. The lowest BCUT2D eigenvalue weighted by atomic mass is 9.95. The third-order valence-corrected chi connectivity index (χ3v) is 6.75. The fourth-order valence-electron chi connectivity index (χ4n) is 4.18. The summed E-state index contributed by atoms with van der Waals surface area (Å²) < 4.78 is 45.5. The summed E-state index contributed by atoms with van der Waals surface area (Å²) in [5.74, 6) is -3.90. The molecule has 0 aromatic heterocycles. The summed E-state index contributed by atoms with van der Waals surface area (Å²) in [6.45, 7) is 8.88. The molecule has 0 radical (unpaired) electrons. The number of non-ortho nitro benzene ring substituents is 1. The Kier molecular flexibility index (Phi) is 10.2. The van der Waals surface area contributed by atoms with E-state index in [0.29, 0.717) is 0 Å². The number of nitrogens with one attached hydrogen (secondary N) is 2. The van der Waals surface area contributed by atoms with Gasteiger partial charge in [0.05, 0.1) is 17.6 Å². The number of nitrogens with zero attached hydrogens (tertiary/aromatic N) is 1. The minimum atomic E-state index is -5.06. The third kappa shape index (κ3) is 9.71. The van der Waals surface area contributed by atoms with Gasteiger partial charge in [-0.15, -0.1) is 0 Å². The summed E-state index contributed by atoms with van der Waals surface area (Å²) in [5, 5.41) is 15.9. The van der Waals surface area contributed by atoms with Gasteiger partial charge in [-0.25, -0.2) is 9.59 Å². The van der Waals surface area contributed by atoms with E-state index in [4.69, 9.17) is 28.4 Å². The molecule has 1 aromatic carbocycles. The van der Waals surface area contributed by atoms with Crippen molar-refractivity contribution in [2.45, 2.75) is 83.1 Å². The van der Waals surface area contributed by atoms with Gasteiger partial charge in [0.25, 0.3) is 5.69 Å². The van der Waals surface area contributed by atoms with Crippen LogP contribution in [0, 0.1) is 10.1 Å². The number of carbonyl (C=O) groups excluding carboxylic acids is 3. The van der Waals surface area contributed by atoms with Gasteiger partial charge in [0.1, 0.15) is 23.6 Å². The van der Waals surface area contributed by atoms with Crippen molar-refractivity contribution in [3.63, 3.8) is 0 Å². The number of alkyl carbamates (subject to hydrolysis) is 1. The van der Waals surface area contributed by atoms with Crippen molar-refractivity contribution >= 4 is 31.4 Å². The molecule has 2 aliphatic rings. The number of carbonyl (C=O) groups is 3. The van der Waals surface area contributed by atoms with Crippen molar-refractivity contribution in [1.29, 1.82) is 0 Å². The van der Waals surface area contributed by atoms with E-state index in [1.807, 2.05) is 0 Å². The maximum Gasteiger partial charge on any atom is 0.514 e. The molecule has 1 aromatic rings. The number of nitro groups is 1. The number of benzene rings is 1. The monoisotopic (exact) mass is 631 g/mol. The molecule has 2 amide bonds. The highest BCUT2D eigenvalue weighted by molar-refractivity contribution is 7.52. The summed E-state index contributed by atoms with van der Waals surface area (Å²) in [6.07, 6.45) is -5.72. The van der Waals surface area contributed by atoms with Gasteiger partial charge in [0.2, 0.25) is 5.91 Å². The first kappa shape index (κ1) is 33.9. The second-order valence-corrected chi connectivity index (χ2v) is 12.7. The zero-order valence-corrected chi connectivity index (χ0v) is 25.1. The molecular formula is C25H34N3O14P. The van der Waals surface area contributed by atoms with E-state index in [9.17, 15) is 38.8 Å². The number of nitro benzene ring substituents is 1. The van der Waals surface area contributed by atoms with Gasteiger partial charge >= 0.3 is 19.8 Å². The minimum Gasteiger partial charge on any atom is -0.444 e. The normalized spacial score (nSPS) is 24.2. The largest absolute Gasteiger partial charge is 0.514 e. The molecule has 5 unspecified atom stereocenters. The second kappa shape index (κ2) is 13.0. The quantitative estimate of drug-likeness (QED) is 0.106. The molecule has 0 spiro atoms. The van der Waals surface area contributed by atoms with Gasteiger partial charge in [0, 0.05) is 24.8 Å². The van der Waals surface area contributed by atoms with Crippen LogP contribution in [0.15, 0.2) is 36.0 Å². The number of rotatable bonds is 8. The Bertz CT molecular complexity index is 1300. The maximum absolute atomic E-state index is 13.0. The molecule has 17 nitrogen and oxygen atoms in total. The molecule has 1 saturated heterocycles. The van der Waals surface area contributed by atoms with E-state index in [1.54, 1.807) is 34.6 Å². The SMILES string of the molecule is CC(=O)NC1C(NC(=O)OC(C)(C)C)=CC(P(=O)(O)O)OC1C(OC(=O)Oc1ccc([N+](=O)[O-])cc1)C1COC(C)(C)O1. The standard InChI is InChI=1S/C25H34N3O14P/c1-13(29)26-19-16(27-22(30)42-24(2,3)4)11-18(43(34,35)36)39-21(19)20(17-12-37-25(5,6)41-17)40-23(31)38-15-9-7-14(8-10-15)28(32)33/h7-11,17-21H,12H2,1-6H3,(H,26,29)(H,27,30)(H2,34,35,36). The Balaban J connectivity index is 2.01. The van der Waals surface area contributed by atoms with Crippen LogP contribution < -0.4 is 15.4 Å². The van der Waals surface area contributed by atoms with Crippen LogP contribution in [-0.2, 0) is 33.0 Å². The van der Waals surface area contributed by atoms with Gasteiger partial charge in [-0.1, -0.05) is 0 Å². The zero-order valence-electron chi connectivity index (χ0n) is 24.2. The third-order valence-electron chi connectivity index (χ3n) is 5.82. The first-order valence-electron chi connectivity index (χ1n) is 12.9. The van der Waals surface area contributed by atoms with E-state index in [1.165, 1.54) is 0 Å². The summed E-state index contributed by atoms with van der Waals surface area (Å²) in [6, 6.07) is 3.13. The molecule has 238 valence electrons. The summed E-state index contributed by atoms with van der Waals surface area (Å²) in [7, 11) is -5.06. The van der Waals surface area contributed by atoms with Crippen molar-refractivity contribution in [3.05, 3.63) is 46.2 Å². The van der Waals surface area contributed by atoms with Crippen LogP contribution in [0.5, 0.6) is 5.75 Å². The maximum atomic E-state index is 13.0. The van der Waals surface area contributed by atoms with Gasteiger partial charge in [0.15, 0.2) is 17.7 Å². The van der Waals surface area contributed by atoms with Crippen LogP contribution in [0.25, 0.3) is 0 Å². The molecule has 3 rings (SSSR count). The summed E-state index contributed by atoms with van der Waals surface area (Å²) in [4.78, 5) is 68.2. The lowest BCUT2D eigenvalue weighted by molar-refractivity contribution is -0.384.